The van der Waals surface area contributed by atoms with E-state index in [2.05, 4.69) is 10.4 Å². The van der Waals surface area contributed by atoms with E-state index in [0.717, 1.165) is 3.97 Å². The van der Waals surface area contributed by atoms with Gasteiger partial charge in [-0.05, 0) is 30.3 Å². The van der Waals surface area contributed by atoms with Gasteiger partial charge in [0.05, 0.1) is 23.2 Å². The molecule has 154 valence electrons. The van der Waals surface area contributed by atoms with E-state index < -0.39 is 15.8 Å². The molecule has 1 N–H and O–H groups in total. The molecule has 2 aromatic heterocycles. The Balaban J connectivity index is 1.80. The van der Waals surface area contributed by atoms with Crippen molar-refractivity contribution in [3.05, 3.63) is 72.9 Å². The van der Waals surface area contributed by atoms with Gasteiger partial charge in [-0.15, -0.1) is 0 Å². The van der Waals surface area contributed by atoms with Crippen LogP contribution in [0.25, 0.3) is 22.0 Å². The molecule has 7 nitrogen and oxygen atoms in total. The molecule has 0 unspecified atom stereocenters. The Bertz CT molecular complexity index is 1330. The van der Waals surface area contributed by atoms with Gasteiger partial charge in [0.15, 0.2) is 0 Å². The van der Waals surface area contributed by atoms with Gasteiger partial charge in [-0.1, -0.05) is 18.2 Å². The first kappa shape index (κ1) is 19.8. The van der Waals surface area contributed by atoms with E-state index in [1.54, 1.807) is 41.3 Å². The number of carbonyl (C=O) groups excluding carboxylic acids is 1. The Morgan fingerprint density at radius 2 is 1.90 bits per heavy atom. The normalized spacial score (nSPS) is 11.7. The van der Waals surface area contributed by atoms with Crippen LogP contribution in [0.3, 0.4) is 0 Å². The van der Waals surface area contributed by atoms with Crippen molar-refractivity contribution in [2.24, 2.45) is 0 Å². The summed E-state index contributed by atoms with van der Waals surface area (Å²) in [6.45, 7) is 2.33. The molecule has 0 aliphatic rings. The molecule has 0 saturated heterocycles. The van der Waals surface area contributed by atoms with Crippen LogP contribution in [0.2, 0.25) is 0 Å². The lowest BCUT2D eigenvalue weighted by Crippen LogP contribution is -2.24. The van der Waals surface area contributed by atoms with Crippen molar-refractivity contribution in [3.8, 4) is 11.1 Å². The number of hydrogen-bond acceptors (Lipinski definition) is 4. The van der Waals surface area contributed by atoms with Crippen molar-refractivity contribution in [2.45, 2.75) is 18.4 Å². The lowest BCUT2D eigenvalue weighted by atomic mass is 10.1. The number of rotatable bonds is 6. The molecule has 0 fully saturated rings. The smallest absolute Gasteiger partial charge is 0.268 e. The predicted octanol–water partition coefficient (Wildman–Crippen LogP) is 3.02. The monoisotopic (exact) mass is 426 g/mol. The van der Waals surface area contributed by atoms with Crippen LogP contribution in [0.15, 0.2) is 72.0 Å². The topological polar surface area (TPSA) is 86.0 Å². The maximum atomic E-state index is 14.0. The van der Waals surface area contributed by atoms with Crippen molar-refractivity contribution in [2.75, 3.05) is 6.54 Å². The Morgan fingerprint density at radius 1 is 1.13 bits per heavy atom. The van der Waals surface area contributed by atoms with Gasteiger partial charge in [0.1, 0.15) is 5.82 Å². The van der Waals surface area contributed by atoms with Crippen LogP contribution < -0.4 is 5.32 Å². The molecule has 4 aromatic rings. The summed E-state index contributed by atoms with van der Waals surface area (Å²) in [7, 11) is -3.91. The first-order chi connectivity index (χ1) is 14.4. The third-order valence-electron chi connectivity index (χ3n) is 4.69. The van der Waals surface area contributed by atoms with E-state index in [1.165, 1.54) is 37.4 Å². The van der Waals surface area contributed by atoms with Crippen LogP contribution in [0.1, 0.15) is 6.92 Å². The average molecular weight is 426 g/mol. The number of amides is 1. The fraction of sp³-hybridized carbons (Fsp3) is 0.143. The van der Waals surface area contributed by atoms with Gasteiger partial charge in [-0.2, -0.15) is 5.10 Å². The highest BCUT2D eigenvalue weighted by Gasteiger charge is 2.22. The number of aromatic nitrogens is 3. The zero-order chi connectivity index (χ0) is 21.3. The van der Waals surface area contributed by atoms with Crippen molar-refractivity contribution in [1.82, 2.24) is 19.1 Å². The maximum Gasteiger partial charge on any atom is 0.268 e. The Hall–Kier alpha value is -3.46. The van der Waals surface area contributed by atoms with Gasteiger partial charge in [0.25, 0.3) is 10.0 Å². The van der Waals surface area contributed by atoms with E-state index >= 15 is 0 Å². The van der Waals surface area contributed by atoms with E-state index in [-0.39, 0.29) is 16.3 Å². The molecule has 0 bridgehead atoms. The zero-order valence-electron chi connectivity index (χ0n) is 16.1. The summed E-state index contributed by atoms with van der Waals surface area (Å²) >= 11 is 0. The molecule has 4 rings (SSSR count). The van der Waals surface area contributed by atoms with Crippen LogP contribution in [0.5, 0.6) is 0 Å². The number of nitrogens with one attached hydrogen (secondary N) is 1. The summed E-state index contributed by atoms with van der Waals surface area (Å²) in [5.41, 5.74) is 1.56. The minimum atomic E-state index is -3.91. The molecule has 0 aliphatic heterocycles. The quantitative estimate of drug-likeness (QED) is 0.514. The van der Waals surface area contributed by atoms with Crippen molar-refractivity contribution < 1.29 is 17.6 Å². The molecule has 30 heavy (non-hydrogen) atoms. The third kappa shape index (κ3) is 3.71. The number of halogens is 1. The number of benzene rings is 2. The van der Waals surface area contributed by atoms with Crippen LogP contribution in [0.4, 0.5) is 4.39 Å². The SMILES string of the molecule is CC(=O)NCCn1cc(-c2cn(S(=O)(=O)c3ccccc3)c3cc(F)ccc23)cn1. The lowest BCUT2D eigenvalue weighted by molar-refractivity contribution is -0.118. The highest BCUT2D eigenvalue weighted by molar-refractivity contribution is 7.90. The number of hydrogen-bond donors (Lipinski definition) is 1. The summed E-state index contributed by atoms with van der Waals surface area (Å²) in [6.07, 6.45) is 4.87. The Kier molecular flexibility index (Phi) is 5.13. The van der Waals surface area contributed by atoms with Gasteiger partial charge in [0, 0.05) is 42.4 Å². The minimum Gasteiger partial charge on any atom is -0.354 e. The molecule has 0 atom stereocenters. The van der Waals surface area contributed by atoms with E-state index in [1.807, 2.05) is 0 Å². The van der Waals surface area contributed by atoms with E-state index in [9.17, 15) is 17.6 Å². The van der Waals surface area contributed by atoms with Gasteiger partial charge in [-0.3, -0.25) is 9.48 Å². The Labute approximate surface area is 172 Å². The zero-order valence-corrected chi connectivity index (χ0v) is 16.9. The molecule has 0 radical (unpaired) electrons. The highest BCUT2D eigenvalue weighted by atomic mass is 32.2. The molecule has 1 amide bonds. The summed E-state index contributed by atoms with van der Waals surface area (Å²) in [4.78, 5) is 11.1. The minimum absolute atomic E-state index is 0.115. The Morgan fingerprint density at radius 3 is 2.63 bits per heavy atom. The van der Waals surface area contributed by atoms with Crippen LogP contribution in [-0.2, 0) is 21.4 Å². The second kappa shape index (κ2) is 7.75. The highest BCUT2D eigenvalue weighted by Crippen LogP contribution is 2.33. The molecule has 0 saturated carbocycles. The van der Waals surface area contributed by atoms with Crippen molar-refractivity contribution in [1.29, 1.82) is 0 Å². The lowest BCUT2D eigenvalue weighted by Gasteiger charge is -2.07. The number of carbonyl (C=O) groups is 1. The summed E-state index contributed by atoms with van der Waals surface area (Å²) in [5, 5.41) is 7.57. The fourth-order valence-corrected chi connectivity index (χ4v) is 4.66. The molecule has 0 spiro atoms. The fourth-order valence-electron chi connectivity index (χ4n) is 3.28. The van der Waals surface area contributed by atoms with Gasteiger partial charge >= 0.3 is 0 Å². The number of fused-ring (bicyclic) bond motifs is 1. The van der Waals surface area contributed by atoms with E-state index in [0.29, 0.717) is 29.6 Å². The largest absolute Gasteiger partial charge is 0.354 e. The second-order valence-corrected chi connectivity index (χ2v) is 8.61. The molecular weight excluding hydrogens is 407 g/mol. The molecular formula is C21H19FN4O3S. The molecule has 9 heteroatoms. The van der Waals surface area contributed by atoms with Crippen LogP contribution >= 0.6 is 0 Å². The number of nitrogens with zero attached hydrogens (tertiary/aromatic N) is 3. The average Bonchev–Trinajstić information content (AvgIpc) is 3.33. The first-order valence-electron chi connectivity index (χ1n) is 9.25. The van der Waals surface area contributed by atoms with Gasteiger partial charge in [0.2, 0.25) is 5.91 Å². The first-order valence-corrected chi connectivity index (χ1v) is 10.7. The van der Waals surface area contributed by atoms with E-state index in [4.69, 9.17) is 0 Å². The molecule has 2 heterocycles. The van der Waals surface area contributed by atoms with Crippen LogP contribution in [0, 0.1) is 5.82 Å². The molecule has 2 aromatic carbocycles. The van der Waals surface area contributed by atoms with Crippen LogP contribution in [-0.4, -0.2) is 34.6 Å². The summed E-state index contributed by atoms with van der Waals surface area (Å²) < 4.78 is 43.1. The maximum absolute atomic E-state index is 14.0. The van der Waals surface area contributed by atoms with Crippen molar-refractivity contribution in [3.63, 3.8) is 0 Å². The van der Waals surface area contributed by atoms with Gasteiger partial charge in [-0.25, -0.2) is 16.8 Å². The summed E-state index contributed by atoms with van der Waals surface area (Å²) in [6, 6.07) is 12.1. The third-order valence-corrected chi connectivity index (χ3v) is 6.38. The predicted molar refractivity (Wildman–Crippen MR) is 111 cm³/mol. The molecule has 0 aliphatic carbocycles. The standard InChI is InChI=1S/C21H19FN4O3S/c1-15(27)23-9-10-25-13-16(12-24-25)20-14-26(21-11-17(22)7-8-19(20)21)30(28,29)18-5-3-2-4-6-18/h2-8,11-14H,9-10H2,1H3,(H,23,27). The summed E-state index contributed by atoms with van der Waals surface area (Å²) in [5.74, 6) is -0.652. The van der Waals surface area contributed by atoms with Gasteiger partial charge < -0.3 is 5.32 Å². The second-order valence-electron chi connectivity index (χ2n) is 6.79. The van der Waals surface area contributed by atoms with Crippen molar-refractivity contribution >= 4 is 26.8 Å².